The predicted octanol–water partition coefficient (Wildman–Crippen LogP) is 8.89. The zero-order chi connectivity index (χ0) is 62.6. The number of aliphatic hydroxyl groups is 11. The molecule has 19 heteroatoms. The monoisotopic (exact) mass is 1230 g/mol. The first-order chi connectivity index (χ1) is 41.8. The van der Waals surface area contributed by atoms with Crippen LogP contribution in [0.3, 0.4) is 0 Å². The van der Waals surface area contributed by atoms with Gasteiger partial charge >= 0.3 is 0 Å². The van der Waals surface area contributed by atoms with E-state index in [1.807, 2.05) is 0 Å². The Balaban J connectivity index is 1.37. The quantitative estimate of drug-likeness (QED) is 0.0200. The van der Waals surface area contributed by atoms with Gasteiger partial charge in [-0.1, -0.05) is 244 Å². The molecule has 0 spiro atoms. The summed E-state index contributed by atoms with van der Waals surface area (Å²) in [6, 6.07) is -0.882. The Morgan fingerprint density at radius 1 is 0.407 bits per heavy atom. The number of aliphatic hydroxyl groups excluding tert-OH is 11. The summed E-state index contributed by atoms with van der Waals surface area (Å²) in [7, 11) is 0. The highest BCUT2D eigenvalue weighted by molar-refractivity contribution is 5.76. The third-order valence-corrected chi connectivity index (χ3v) is 17.8. The fraction of sp³-hybridized carbons (Fsp3) is 0.955. The van der Waals surface area contributed by atoms with Crippen molar-refractivity contribution in [2.24, 2.45) is 0 Å². The van der Waals surface area contributed by atoms with Crippen LogP contribution in [-0.4, -0.2) is 193 Å². The van der Waals surface area contributed by atoms with Crippen LogP contribution in [0.2, 0.25) is 0 Å². The SMILES string of the molecule is CCCCCCCCCC/C=C\CCCCCCCCCCCCCCCCCCCC(=O)NC(COC1OC(CO)C(OC2OC(CO)C(OC3OC(CO)C(O)C(O)C3O)C(O)C2O)C(O)C1O)C(O)CCCCCCCCCCCCCC. The summed E-state index contributed by atoms with van der Waals surface area (Å²) in [5.74, 6) is -0.239. The Labute approximate surface area is 518 Å². The van der Waals surface area contributed by atoms with Crippen LogP contribution in [0.25, 0.3) is 0 Å². The maximum atomic E-state index is 13.4. The summed E-state index contributed by atoms with van der Waals surface area (Å²) < 4.78 is 34.4. The molecule has 12 N–H and O–H groups in total. The van der Waals surface area contributed by atoms with Crippen LogP contribution in [0.1, 0.15) is 277 Å². The van der Waals surface area contributed by atoms with Crippen LogP contribution in [0, 0.1) is 0 Å². The molecule has 0 aromatic carbocycles. The van der Waals surface area contributed by atoms with E-state index in [0.29, 0.717) is 12.8 Å². The highest BCUT2D eigenvalue weighted by Gasteiger charge is 2.53. The molecule has 17 atom stereocenters. The van der Waals surface area contributed by atoms with E-state index in [4.69, 9.17) is 28.4 Å². The molecule has 0 radical (unpaired) electrons. The van der Waals surface area contributed by atoms with Crippen molar-refractivity contribution in [1.82, 2.24) is 5.32 Å². The molecule has 3 fully saturated rings. The summed E-state index contributed by atoms with van der Waals surface area (Å²) in [6.07, 6.45) is 27.4. The number of unbranched alkanes of at least 4 members (excludes halogenated alkanes) is 36. The Hall–Kier alpha value is -1.47. The van der Waals surface area contributed by atoms with E-state index in [9.17, 15) is 61.0 Å². The topological polar surface area (TPSA) is 307 Å². The second kappa shape index (κ2) is 50.1. The molecule has 19 nitrogen and oxygen atoms in total. The molecule has 0 aromatic heterocycles. The molecule has 3 rings (SSSR count). The fourth-order valence-corrected chi connectivity index (χ4v) is 12.1. The van der Waals surface area contributed by atoms with E-state index < -0.39 is 124 Å². The summed E-state index contributed by atoms with van der Waals surface area (Å²) in [5.41, 5.74) is 0. The largest absolute Gasteiger partial charge is 0.394 e. The normalized spacial score (nSPS) is 28.8. The second-order valence-corrected chi connectivity index (χ2v) is 25.3. The van der Waals surface area contributed by atoms with Gasteiger partial charge in [-0.3, -0.25) is 4.79 Å². The van der Waals surface area contributed by atoms with Crippen molar-refractivity contribution in [2.45, 2.75) is 381 Å². The summed E-state index contributed by atoms with van der Waals surface area (Å²) >= 11 is 0. The molecule has 3 heterocycles. The fourth-order valence-electron chi connectivity index (χ4n) is 12.1. The molecule has 1 amide bonds. The van der Waals surface area contributed by atoms with E-state index in [1.165, 1.54) is 199 Å². The van der Waals surface area contributed by atoms with E-state index in [1.54, 1.807) is 0 Å². The van der Waals surface area contributed by atoms with E-state index in [0.717, 1.165) is 44.9 Å². The number of hydrogen-bond donors (Lipinski definition) is 12. The highest BCUT2D eigenvalue weighted by Crippen LogP contribution is 2.33. The molecule has 0 bridgehead atoms. The second-order valence-electron chi connectivity index (χ2n) is 25.3. The maximum absolute atomic E-state index is 13.4. The van der Waals surface area contributed by atoms with Gasteiger partial charge in [-0.2, -0.15) is 0 Å². The van der Waals surface area contributed by atoms with Gasteiger partial charge < -0.3 is 89.9 Å². The third-order valence-electron chi connectivity index (χ3n) is 17.8. The van der Waals surface area contributed by atoms with Crippen molar-refractivity contribution in [1.29, 1.82) is 0 Å². The molecular weight excluding hydrogens is 1110 g/mol. The third kappa shape index (κ3) is 32.2. The molecule has 0 saturated carbocycles. The van der Waals surface area contributed by atoms with Crippen molar-refractivity contribution < 1.29 is 89.4 Å². The van der Waals surface area contributed by atoms with Gasteiger partial charge in [0.1, 0.15) is 73.2 Å². The average molecular weight is 1230 g/mol. The average Bonchev–Trinajstić information content (AvgIpc) is 2.62. The lowest BCUT2D eigenvalue weighted by molar-refractivity contribution is -0.379. The zero-order valence-corrected chi connectivity index (χ0v) is 53.6. The molecule has 508 valence electrons. The van der Waals surface area contributed by atoms with Crippen molar-refractivity contribution in [3.63, 3.8) is 0 Å². The zero-order valence-electron chi connectivity index (χ0n) is 53.6. The maximum Gasteiger partial charge on any atom is 0.220 e. The molecule has 86 heavy (non-hydrogen) atoms. The molecular formula is C67H127NO18. The van der Waals surface area contributed by atoms with Crippen molar-refractivity contribution >= 4 is 5.91 Å². The van der Waals surface area contributed by atoms with Crippen LogP contribution < -0.4 is 5.32 Å². The van der Waals surface area contributed by atoms with Gasteiger partial charge in [-0.25, -0.2) is 0 Å². The Bertz CT molecular complexity index is 1620. The lowest BCUT2D eigenvalue weighted by Gasteiger charge is -2.48. The number of ether oxygens (including phenoxy) is 6. The number of rotatable bonds is 54. The van der Waals surface area contributed by atoms with Crippen LogP contribution in [0.5, 0.6) is 0 Å². The number of nitrogens with one attached hydrogen (secondary N) is 1. The molecule has 3 saturated heterocycles. The van der Waals surface area contributed by atoms with Crippen LogP contribution in [-0.2, 0) is 33.2 Å². The first-order valence-corrected chi connectivity index (χ1v) is 34.9. The van der Waals surface area contributed by atoms with E-state index in [-0.39, 0.29) is 18.9 Å². The summed E-state index contributed by atoms with van der Waals surface area (Å²) in [4.78, 5) is 13.4. The van der Waals surface area contributed by atoms with Gasteiger partial charge in [-0.05, 0) is 38.5 Å². The van der Waals surface area contributed by atoms with Gasteiger partial charge in [0.15, 0.2) is 18.9 Å². The van der Waals surface area contributed by atoms with E-state index in [2.05, 4.69) is 31.3 Å². The molecule has 0 aromatic rings. The minimum Gasteiger partial charge on any atom is -0.394 e. The Kier molecular flexibility index (Phi) is 45.9. The number of allylic oxidation sites excluding steroid dienone is 2. The summed E-state index contributed by atoms with van der Waals surface area (Å²) in [5, 5.41) is 120. The lowest BCUT2D eigenvalue weighted by atomic mass is 9.96. The Morgan fingerprint density at radius 3 is 1.13 bits per heavy atom. The first kappa shape index (κ1) is 78.8. The van der Waals surface area contributed by atoms with Crippen LogP contribution in [0.15, 0.2) is 12.2 Å². The molecule has 3 aliphatic rings. The smallest absolute Gasteiger partial charge is 0.220 e. The van der Waals surface area contributed by atoms with Gasteiger partial charge in [0, 0.05) is 6.42 Å². The van der Waals surface area contributed by atoms with Gasteiger partial charge in [0.2, 0.25) is 5.91 Å². The molecule has 3 aliphatic heterocycles. The van der Waals surface area contributed by atoms with Crippen molar-refractivity contribution in [3.8, 4) is 0 Å². The number of carbonyl (C=O) groups is 1. The minimum absolute atomic E-state index is 0.239. The van der Waals surface area contributed by atoms with Gasteiger partial charge in [-0.15, -0.1) is 0 Å². The van der Waals surface area contributed by atoms with E-state index >= 15 is 0 Å². The van der Waals surface area contributed by atoms with Crippen LogP contribution in [0.4, 0.5) is 0 Å². The standard InChI is InChI=1S/C67H127NO18/c1-3-5-7-9-11-13-15-17-18-19-20-21-22-23-24-25-26-27-28-29-30-31-32-33-35-37-39-41-43-45-55(73)68-50(51(72)44-42-40-38-36-34-16-14-12-10-8-6-4-2)49-81-65-61(79)58(76)63(53(47-70)83-65)86-67-62(80)59(77)64(54(48-71)84-67)85-66-60(78)57(75)56(74)52(46-69)82-66/h19-20,50-54,56-67,69-72,74-80H,3-18,21-49H2,1-2H3,(H,68,73)/b20-19-. The van der Waals surface area contributed by atoms with Gasteiger partial charge in [0.25, 0.3) is 0 Å². The number of hydrogen-bond acceptors (Lipinski definition) is 18. The first-order valence-electron chi connectivity index (χ1n) is 34.9. The summed E-state index contributed by atoms with van der Waals surface area (Å²) in [6.45, 7) is 1.81. The molecule has 0 aliphatic carbocycles. The number of amides is 1. The van der Waals surface area contributed by atoms with Crippen molar-refractivity contribution in [2.75, 3.05) is 26.4 Å². The predicted molar refractivity (Wildman–Crippen MR) is 333 cm³/mol. The highest BCUT2D eigenvalue weighted by atomic mass is 16.8. The Morgan fingerprint density at radius 2 is 0.733 bits per heavy atom. The lowest BCUT2D eigenvalue weighted by Crippen LogP contribution is -2.66. The molecule has 17 unspecified atom stereocenters. The van der Waals surface area contributed by atoms with Crippen LogP contribution >= 0.6 is 0 Å². The van der Waals surface area contributed by atoms with Crippen molar-refractivity contribution in [3.05, 3.63) is 12.2 Å². The number of carbonyl (C=O) groups excluding carboxylic acids is 1. The minimum atomic E-state index is -1.97. The van der Waals surface area contributed by atoms with Gasteiger partial charge in [0.05, 0.1) is 38.6 Å².